The van der Waals surface area contributed by atoms with E-state index in [1.54, 1.807) is 18.3 Å². The number of aryl methyl sites for hydroxylation is 1. The van der Waals surface area contributed by atoms with Crippen molar-refractivity contribution in [3.63, 3.8) is 0 Å². The lowest BCUT2D eigenvalue weighted by atomic mass is 10.1. The van der Waals surface area contributed by atoms with Crippen molar-refractivity contribution in [2.45, 2.75) is 52.0 Å². The fourth-order valence-corrected chi connectivity index (χ4v) is 3.51. The number of aromatic nitrogens is 1. The van der Waals surface area contributed by atoms with Crippen LogP contribution >= 0.6 is 0 Å². The Labute approximate surface area is 172 Å². The molecule has 2 N–H and O–H groups in total. The zero-order valence-electron chi connectivity index (χ0n) is 17.3. The number of unbranched alkanes of at least 4 members (excludes halogenated alkanes) is 1. The topological polar surface area (TPSA) is 74.3 Å². The van der Waals surface area contributed by atoms with E-state index in [9.17, 15) is 9.59 Å². The largest absolute Gasteiger partial charge is 0.371 e. The summed E-state index contributed by atoms with van der Waals surface area (Å²) in [5, 5.41) is 5.86. The normalized spacial score (nSPS) is 14.5. The number of nitrogens with zero attached hydrogens (tertiary/aromatic N) is 2. The molecule has 2 aromatic rings. The van der Waals surface area contributed by atoms with Gasteiger partial charge in [0.1, 0.15) is 6.04 Å². The summed E-state index contributed by atoms with van der Waals surface area (Å²) < 4.78 is 0. The Balaban J connectivity index is 1.67. The summed E-state index contributed by atoms with van der Waals surface area (Å²) in [4.78, 5) is 32.0. The summed E-state index contributed by atoms with van der Waals surface area (Å²) >= 11 is 0. The molecule has 1 fully saturated rings. The molecule has 1 aromatic carbocycles. The molecule has 0 radical (unpaired) electrons. The molecule has 2 amide bonds. The van der Waals surface area contributed by atoms with Crippen molar-refractivity contribution in [2.75, 3.05) is 23.3 Å². The molecular weight excluding hydrogens is 364 g/mol. The zero-order chi connectivity index (χ0) is 20.6. The van der Waals surface area contributed by atoms with Crippen LogP contribution in [-0.4, -0.2) is 35.9 Å². The predicted octanol–water partition coefficient (Wildman–Crippen LogP) is 3.92. The average Bonchev–Trinajstić information content (AvgIpc) is 3.26. The summed E-state index contributed by atoms with van der Waals surface area (Å²) in [6.07, 6.45) is 6.36. The fourth-order valence-electron chi connectivity index (χ4n) is 3.51. The van der Waals surface area contributed by atoms with Gasteiger partial charge in [-0.2, -0.15) is 0 Å². The molecule has 1 atom stereocenters. The van der Waals surface area contributed by atoms with E-state index in [0.717, 1.165) is 43.0 Å². The highest BCUT2D eigenvalue weighted by atomic mass is 16.2. The van der Waals surface area contributed by atoms with Crippen LogP contribution in [0.1, 0.15) is 55.1 Å². The number of carbonyl (C=O) groups excluding carboxylic acids is 2. The monoisotopic (exact) mass is 394 g/mol. The summed E-state index contributed by atoms with van der Waals surface area (Å²) in [6, 6.07) is 10.9. The molecule has 6 heteroatoms. The average molecular weight is 395 g/mol. The molecule has 6 nitrogen and oxygen atoms in total. The third-order valence-electron chi connectivity index (χ3n) is 5.23. The lowest BCUT2D eigenvalue weighted by Crippen LogP contribution is -2.43. The van der Waals surface area contributed by atoms with Crippen LogP contribution in [0.3, 0.4) is 0 Å². The minimum Gasteiger partial charge on any atom is -0.371 e. The number of carbonyl (C=O) groups is 2. The number of rotatable bonds is 8. The molecule has 1 aromatic heterocycles. The van der Waals surface area contributed by atoms with E-state index in [4.69, 9.17) is 0 Å². The molecule has 1 unspecified atom stereocenters. The van der Waals surface area contributed by atoms with Crippen molar-refractivity contribution in [3.05, 3.63) is 53.9 Å². The van der Waals surface area contributed by atoms with Crippen LogP contribution < -0.4 is 15.5 Å². The second-order valence-electron chi connectivity index (χ2n) is 7.59. The number of pyridine rings is 1. The maximum atomic E-state index is 12.9. The third kappa shape index (κ3) is 5.79. The van der Waals surface area contributed by atoms with Crippen LogP contribution in [0, 0.1) is 6.92 Å². The van der Waals surface area contributed by atoms with E-state index in [0.29, 0.717) is 12.0 Å². The number of amides is 2. The number of hydrogen-bond acceptors (Lipinski definition) is 4. The Morgan fingerprint density at radius 3 is 2.66 bits per heavy atom. The van der Waals surface area contributed by atoms with Gasteiger partial charge in [-0.3, -0.25) is 14.6 Å². The summed E-state index contributed by atoms with van der Waals surface area (Å²) in [5.74, 6) is -0.468. The van der Waals surface area contributed by atoms with Crippen LogP contribution in [-0.2, 0) is 4.79 Å². The molecule has 0 bridgehead atoms. The third-order valence-corrected chi connectivity index (χ3v) is 5.23. The number of anilines is 2. The quantitative estimate of drug-likeness (QED) is 0.712. The first-order valence-corrected chi connectivity index (χ1v) is 10.5. The molecule has 1 saturated heterocycles. The highest BCUT2D eigenvalue weighted by Gasteiger charge is 2.22. The second-order valence-corrected chi connectivity index (χ2v) is 7.59. The van der Waals surface area contributed by atoms with Gasteiger partial charge in [-0.1, -0.05) is 25.8 Å². The number of benzene rings is 1. The van der Waals surface area contributed by atoms with Gasteiger partial charge >= 0.3 is 0 Å². The van der Waals surface area contributed by atoms with Gasteiger partial charge in [0.2, 0.25) is 5.91 Å². The van der Waals surface area contributed by atoms with Crippen molar-refractivity contribution < 1.29 is 9.59 Å². The molecule has 1 aliphatic rings. The molecule has 2 heterocycles. The lowest BCUT2D eigenvalue weighted by Gasteiger charge is -2.20. The van der Waals surface area contributed by atoms with Gasteiger partial charge in [0, 0.05) is 36.4 Å². The van der Waals surface area contributed by atoms with E-state index in [2.05, 4.69) is 33.5 Å². The van der Waals surface area contributed by atoms with Gasteiger partial charge in [-0.15, -0.1) is 0 Å². The minimum atomic E-state index is -0.584. The molecule has 1 aliphatic heterocycles. The summed E-state index contributed by atoms with van der Waals surface area (Å²) in [6.45, 7) is 6.05. The molecule has 29 heavy (non-hydrogen) atoms. The van der Waals surface area contributed by atoms with E-state index in [1.165, 1.54) is 12.8 Å². The summed E-state index contributed by atoms with van der Waals surface area (Å²) in [7, 11) is 0. The van der Waals surface area contributed by atoms with Gasteiger partial charge in [0.15, 0.2) is 0 Å². The van der Waals surface area contributed by atoms with Crippen molar-refractivity contribution in [1.82, 2.24) is 10.3 Å². The first-order valence-electron chi connectivity index (χ1n) is 10.5. The second kappa shape index (κ2) is 10.0. The zero-order valence-corrected chi connectivity index (χ0v) is 17.3. The lowest BCUT2D eigenvalue weighted by molar-refractivity contribution is -0.118. The summed E-state index contributed by atoms with van der Waals surface area (Å²) in [5.41, 5.74) is 3.19. The SMILES string of the molecule is CCCCC(NC(=O)c1ccc(C)nc1)C(=O)Nc1cccc(N2CCCC2)c1. The number of nitrogens with one attached hydrogen (secondary N) is 2. The predicted molar refractivity (Wildman–Crippen MR) is 116 cm³/mol. The van der Waals surface area contributed by atoms with Gasteiger partial charge in [0.25, 0.3) is 5.91 Å². The van der Waals surface area contributed by atoms with Gasteiger partial charge in [0.05, 0.1) is 5.56 Å². The first kappa shape index (κ1) is 20.8. The Hall–Kier alpha value is -2.89. The van der Waals surface area contributed by atoms with Gasteiger partial charge in [-0.05, 0) is 56.5 Å². The molecule has 0 aliphatic carbocycles. The maximum absolute atomic E-state index is 12.9. The Morgan fingerprint density at radius 1 is 1.17 bits per heavy atom. The fraction of sp³-hybridized carbons (Fsp3) is 0.435. The van der Waals surface area contributed by atoms with E-state index in [1.807, 2.05) is 25.1 Å². The molecule has 0 spiro atoms. The Kier molecular flexibility index (Phi) is 7.22. The standard InChI is InChI=1S/C23H30N4O2/c1-3-4-10-21(26-22(28)18-12-11-17(2)24-16-18)23(29)25-19-8-7-9-20(15-19)27-13-5-6-14-27/h7-9,11-12,15-16,21H,3-6,10,13-14H2,1-2H3,(H,25,29)(H,26,28). The van der Waals surface area contributed by atoms with Gasteiger partial charge in [-0.25, -0.2) is 0 Å². The van der Waals surface area contributed by atoms with E-state index in [-0.39, 0.29) is 11.8 Å². The Morgan fingerprint density at radius 2 is 1.97 bits per heavy atom. The maximum Gasteiger partial charge on any atom is 0.253 e. The highest BCUT2D eigenvalue weighted by Crippen LogP contribution is 2.23. The minimum absolute atomic E-state index is 0.189. The molecule has 3 rings (SSSR count). The van der Waals surface area contributed by atoms with E-state index >= 15 is 0 Å². The highest BCUT2D eigenvalue weighted by molar-refractivity contribution is 6.01. The molecular formula is C23H30N4O2. The van der Waals surface area contributed by atoms with Crippen LogP contribution in [0.5, 0.6) is 0 Å². The van der Waals surface area contributed by atoms with Crippen molar-refractivity contribution in [3.8, 4) is 0 Å². The van der Waals surface area contributed by atoms with Crippen LogP contribution in [0.4, 0.5) is 11.4 Å². The number of hydrogen-bond donors (Lipinski definition) is 2. The van der Waals surface area contributed by atoms with Crippen molar-refractivity contribution in [2.24, 2.45) is 0 Å². The van der Waals surface area contributed by atoms with Crippen LogP contribution in [0.25, 0.3) is 0 Å². The van der Waals surface area contributed by atoms with E-state index < -0.39 is 6.04 Å². The van der Waals surface area contributed by atoms with Gasteiger partial charge < -0.3 is 15.5 Å². The van der Waals surface area contributed by atoms with Crippen LogP contribution in [0.2, 0.25) is 0 Å². The first-order chi connectivity index (χ1) is 14.1. The van der Waals surface area contributed by atoms with Crippen molar-refractivity contribution >= 4 is 23.2 Å². The molecule has 154 valence electrons. The Bertz CT molecular complexity index is 829. The molecule has 0 saturated carbocycles. The van der Waals surface area contributed by atoms with Crippen LogP contribution in [0.15, 0.2) is 42.6 Å². The van der Waals surface area contributed by atoms with Crippen molar-refractivity contribution in [1.29, 1.82) is 0 Å². The smallest absolute Gasteiger partial charge is 0.253 e.